The van der Waals surface area contributed by atoms with E-state index in [1.807, 2.05) is 6.92 Å². The number of benzene rings is 1. The van der Waals surface area contributed by atoms with Crippen molar-refractivity contribution in [3.05, 3.63) is 29.3 Å². The molecule has 0 radical (unpaired) electrons. The zero-order chi connectivity index (χ0) is 18.4. The zero-order valence-corrected chi connectivity index (χ0v) is 14.4. The van der Waals surface area contributed by atoms with Crippen molar-refractivity contribution in [3.8, 4) is 5.75 Å². The summed E-state index contributed by atoms with van der Waals surface area (Å²) in [6, 6.07) is 3.75. The van der Waals surface area contributed by atoms with Crippen LogP contribution in [-0.2, 0) is 9.59 Å². The van der Waals surface area contributed by atoms with Crippen LogP contribution in [0.5, 0.6) is 5.75 Å². The van der Waals surface area contributed by atoms with Gasteiger partial charge in [0.25, 0.3) is 11.8 Å². The van der Waals surface area contributed by atoms with E-state index in [2.05, 4.69) is 5.32 Å². The molecule has 3 amide bonds. The molecule has 0 saturated carbocycles. The molecule has 0 saturated heterocycles. The minimum atomic E-state index is -0.964. The summed E-state index contributed by atoms with van der Waals surface area (Å²) in [4.78, 5) is 48.8. The molecule has 7 heteroatoms. The van der Waals surface area contributed by atoms with Crippen molar-refractivity contribution in [3.63, 3.8) is 0 Å². The lowest BCUT2D eigenvalue weighted by molar-refractivity contribution is -0.121. The van der Waals surface area contributed by atoms with E-state index in [-0.39, 0.29) is 29.9 Å². The van der Waals surface area contributed by atoms with Crippen LogP contribution in [0.4, 0.5) is 0 Å². The van der Waals surface area contributed by atoms with E-state index < -0.39 is 17.9 Å². The molecule has 1 unspecified atom stereocenters. The lowest BCUT2D eigenvalue weighted by Crippen LogP contribution is -2.41. The summed E-state index contributed by atoms with van der Waals surface area (Å²) in [5.41, 5.74) is 0.477. The van der Waals surface area contributed by atoms with Gasteiger partial charge in [0.15, 0.2) is 0 Å². The molecule has 0 bridgehead atoms. The first-order valence-electron chi connectivity index (χ1n) is 8.34. The maximum Gasteiger partial charge on any atom is 0.262 e. The fourth-order valence-corrected chi connectivity index (χ4v) is 2.63. The number of aldehydes is 1. The number of imide groups is 1. The van der Waals surface area contributed by atoms with Crippen molar-refractivity contribution >= 4 is 24.0 Å². The third kappa shape index (κ3) is 4.04. The second-order valence-corrected chi connectivity index (χ2v) is 5.80. The monoisotopic (exact) mass is 346 g/mol. The minimum absolute atomic E-state index is 0.0543. The predicted molar refractivity (Wildman–Crippen MR) is 90.5 cm³/mol. The zero-order valence-electron chi connectivity index (χ0n) is 14.4. The Morgan fingerprint density at radius 1 is 1.28 bits per heavy atom. The number of hydrogen-bond acceptors (Lipinski definition) is 5. The number of carbonyl (C=O) groups is 4. The molecule has 2 rings (SSSR count). The molecule has 1 aromatic carbocycles. The van der Waals surface area contributed by atoms with Crippen LogP contribution >= 0.6 is 0 Å². The van der Waals surface area contributed by atoms with Crippen LogP contribution in [0.2, 0.25) is 0 Å². The first kappa shape index (κ1) is 18.6. The van der Waals surface area contributed by atoms with E-state index >= 15 is 0 Å². The van der Waals surface area contributed by atoms with Crippen LogP contribution in [0.25, 0.3) is 0 Å². The molecule has 1 atom stereocenters. The van der Waals surface area contributed by atoms with Crippen LogP contribution in [0, 0.1) is 0 Å². The van der Waals surface area contributed by atoms with Crippen molar-refractivity contribution in [2.45, 2.75) is 38.6 Å². The Bertz CT molecular complexity index is 686. The summed E-state index contributed by atoms with van der Waals surface area (Å²) in [5, 5.41) is 2.45. The molecule has 0 aliphatic carbocycles. The van der Waals surface area contributed by atoms with Crippen molar-refractivity contribution in [2.24, 2.45) is 0 Å². The second-order valence-electron chi connectivity index (χ2n) is 5.80. The highest BCUT2D eigenvalue weighted by Gasteiger charge is 2.40. The first-order chi connectivity index (χ1) is 12.0. The van der Waals surface area contributed by atoms with Gasteiger partial charge in [-0.1, -0.05) is 13.3 Å². The Labute approximate surface area is 146 Å². The highest BCUT2D eigenvalue weighted by molar-refractivity contribution is 6.22. The van der Waals surface area contributed by atoms with E-state index in [0.717, 1.165) is 17.7 Å². The summed E-state index contributed by atoms with van der Waals surface area (Å²) in [6.45, 7) is 2.58. The number of nitrogens with zero attached hydrogens (tertiary/aromatic N) is 1. The van der Waals surface area contributed by atoms with Crippen molar-refractivity contribution in [2.75, 3.05) is 13.7 Å². The summed E-state index contributed by atoms with van der Waals surface area (Å²) >= 11 is 0. The van der Waals surface area contributed by atoms with Crippen molar-refractivity contribution in [1.29, 1.82) is 0 Å². The SMILES string of the molecule is CCCCOc1ccc2c(c1)C(=O)N(C(C=O)CCC(=O)NC)C2=O. The van der Waals surface area contributed by atoms with Gasteiger partial charge in [-0.25, -0.2) is 0 Å². The summed E-state index contributed by atoms with van der Waals surface area (Å²) in [6.07, 6.45) is 2.56. The van der Waals surface area contributed by atoms with Gasteiger partial charge in [0.05, 0.1) is 23.8 Å². The van der Waals surface area contributed by atoms with Crippen LogP contribution in [0.3, 0.4) is 0 Å². The number of unbranched alkanes of at least 4 members (excludes halogenated alkanes) is 1. The third-order valence-electron chi connectivity index (χ3n) is 4.09. The van der Waals surface area contributed by atoms with E-state index in [9.17, 15) is 19.2 Å². The number of amides is 3. The van der Waals surface area contributed by atoms with E-state index in [4.69, 9.17) is 4.74 Å². The van der Waals surface area contributed by atoms with Gasteiger partial charge in [0.2, 0.25) is 5.91 Å². The molecular weight excluding hydrogens is 324 g/mol. The fourth-order valence-electron chi connectivity index (χ4n) is 2.63. The van der Waals surface area contributed by atoms with Gasteiger partial charge in [0.1, 0.15) is 12.0 Å². The number of hydrogen-bond donors (Lipinski definition) is 1. The molecule has 0 spiro atoms. The lowest BCUT2D eigenvalue weighted by atomic mass is 10.1. The highest BCUT2D eigenvalue weighted by atomic mass is 16.5. The fraction of sp³-hybridized carbons (Fsp3) is 0.444. The topological polar surface area (TPSA) is 92.8 Å². The Morgan fingerprint density at radius 3 is 2.64 bits per heavy atom. The van der Waals surface area contributed by atoms with Gasteiger partial charge in [-0.2, -0.15) is 0 Å². The van der Waals surface area contributed by atoms with Gasteiger partial charge >= 0.3 is 0 Å². The average molecular weight is 346 g/mol. The van der Waals surface area contributed by atoms with Gasteiger partial charge in [-0.05, 0) is 31.0 Å². The quantitative estimate of drug-likeness (QED) is 0.416. The number of nitrogens with one attached hydrogen (secondary N) is 1. The smallest absolute Gasteiger partial charge is 0.262 e. The summed E-state index contributed by atoms with van der Waals surface area (Å²) < 4.78 is 5.57. The molecule has 0 aromatic heterocycles. The van der Waals surface area contributed by atoms with E-state index in [1.165, 1.54) is 19.2 Å². The number of fused-ring (bicyclic) bond motifs is 1. The van der Waals surface area contributed by atoms with Gasteiger partial charge in [-0.3, -0.25) is 19.3 Å². The lowest BCUT2D eigenvalue weighted by Gasteiger charge is -2.20. The van der Waals surface area contributed by atoms with Crippen LogP contribution in [0.1, 0.15) is 53.3 Å². The van der Waals surface area contributed by atoms with Crippen LogP contribution < -0.4 is 10.1 Å². The minimum Gasteiger partial charge on any atom is -0.494 e. The first-order valence-corrected chi connectivity index (χ1v) is 8.34. The molecular formula is C18H22N2O5. The molecule has 1 N–H and O–H groups in total. The standard InChI is InChI=1S/C18H22N2O5/c1-3-4-9-25-13-6-7-14-15(10-13)18(24)20(17(14)23)12(11-21)5-8-16(22)19-2/h6-7,10-12H,3-5,8-9H2,1-2H3,(H,19,22). The van der Waals surface area contributed by atoms with Gasteiger partial charge in [0, 0.05) is 13.5 Å². The third-order valence-corrected chi connectivity index (χ3v) is 4.09. The molecule has 1 aliphatic rings. The molecule has 134 valence electrons. The summed E-state index contributed by atoms with van der Waals surface area (Å²) in [5.74, 6) is -0.789. The Kier molecular flexibility index (Phi) is 6.27. The van der Waals surface area contributed by atoms with Crippen molar-refractivity contribution < 1.29 is 23.9 Å². The molecule has 1 aliphatic heterocycles. The normalized spacial score (nSPS) is 14.2. The number of carbonyl (C=O) groups excluding carboxylic acids is 4. The molecule has 1 aromatic rings. The Morgan fingerprint density at radius 2 is 2.00 bits per heavy atom. The van der Waals surface area contributed by atoms with Crippen LogP contribution in [0.15, 0.2) is 18.2 Å². The van der Waals surface area contributed by atoms with Crippen LogP contribution in [-0.4, -0.2) is 48.6 Å². The maximum absolute atomic E-state index is 12.6. The second kappa shape index (κ2) is 8.41. The van der Waals surface area contributed by atoms with Gasteiger partial charge in [-0.15, -0.1) is 0 Å². The molecule has 25 heavy (non-hydrogen) atoms. The predicted octanol–water partition coefficient (Wildman–Crippen LogP) is 1.56. The van der Waals surface area contributed by atoms with Crippen molar-refractivity contribution in [1.82, 2.24) is 10.2 Å². The summed E-state index contributed by atoms with van der Waals surface area (Å²) in [7, 11) is 1.49. The van der Waals surface area contributed by atoms with E-state index in [0.29, 0.717) is 18.6 Å². The van der Waals surface area contributed by atoms with Gasteiger partial charge < -0.3 is 14.8 Å². The highest BCUT2D eigenvalue weighted by Crippen LogP contribution is 2.29. The number of rotatable bonds is 9. The molecule has 1 heterocycles. The molecule has 7 nitrogen and oxygen atoms in total. The maximum atomic E-state index is 12.6. The number of ether oxygens (including phenoxy) is 1. The van der Waals surface area contributed by atoms with E-state index in [1.54, 1.807) is 6.07 Å². The largest absolute Gasteiger partial charge is 0.494 e. The Balaban J connectivity index is 2.17. The Hall–Kier alpha value is -2.70. The average Bonchev–Trinajstić information content (AvgIpc) is 2.87. The molecule has 0 fully saturated rings.